The molecule has 23 heavy (non-hydrogen) atoms. The van der Waals surface area contributed by atoms with Gasteiger partial charge in [0.05, 0.1) is 17.1 Å². The molecular formula is C16H24N2O4S. The minimum absolute atomic E-state index is 0.00223. The van der Waals surface area contributed by atoms with Crippen molar-refractivity contribution in [2.75, 3.05) is 13.1 Å². The fraction of sp³-hybridized carbons (Fsp3) is 0.562. The van der Waals surface area contributed by atoms with Gasteiger partial charge in [0.25, 0.3) is 5.91 Å². The highest BCUT2D eigenvalue weighted by Gasteiger charge is 2.26. The molecule has 2 unspecified atom stereocenters. The van der Waals surface area contributed by atoms with Crippen LogP contribution in [0.1, 0.15) is 38.1 Å². The number of morpholine rings is 1. The lowest BCUT2D eigenvalue weighted by Gasteiger charge is -2.35. The molecule has 1 saturated heterocycles. The molecule has 0 bridgehead atoms. The van der Waals surface area contributed by atoms with Gasteiger partial charge in [0, 0.05) is 24.7 Å². The van der Waals surface area contributed by atoms with Crippen molar-refractivity contribution in [2.24, 2.45) is 0 Å². The molecule has 1 N–H and O–H groups in total. The smallest absolute Gasteiger partial charge is 0.254 e. The lowest BCUT2D eigenvalue weighted by atomic mass is 10.1. The average Bonchev–Trinajstić information content (AvgIpc) is 2.44. The Labute approximate surface area is 137 Å². The molecule has 2 rings (SSSR count). The van der Waals surface area contributed by atoms with Gasteiger partial charge in [0.15, 0.2) is 0 Å². The van der Waals surface area contributed by atoms with E-state index in [0.717, 1.165) is 0 Å². The number of carbonyl (C=O) groups excluding carboxylic acids is 1. The van der Waals surface area contributed by atoms with Gasteiger partial charge in [-0.2, -0.15) is 0 Å². The largest absolute Gasteiger partial charge is 0.372 e. The van der Waals surface area contributed by atoms with Crippen molar-refractivity contribution < 1.29 is 17.9 Å². The van der Waals surface area contributed by atoms with Gasteiger partial charge in [-0.05, 0) is 52.0 Å². The molecule has 1 fully saturated rings. The molecule has 1 heterocycles. The fourth-order valence-electron chi connectivity index (χ4n) is 2.68. The van der Waals surface area contributed by atoms with E-state index in [1.165, 1.54) is 12.1 Å². The minimum Gasteiger partial charge on any atom is -0.372 e. The minimum atomic E-state index is -3.54. The lowest BCUT2D eigenvalue weighted by molar-refractivity contribution is -0.0586. The monoisotopic (exact) mass is 340 g/mol. The van der Waals surface area contributed by atoms with Gasteiger partial charge in [-0.3, -0.25) is 4.79 Å². The summed E-state index contributed by atoms with van der Waals surface area (Å²) in [5, 5.41) is 0. The van der Waals surface area contributed by atoms with Crippen molar-refractivity contribution in [1.82, 2.24) is 9.62 Å². The Kier molecular flexibility index (Phi) is 5.44. The van der Waals surface area contributed by atoms with Crippen LogP contribution < -0.4 is 4.72 Å². The van der Waals surface area contributed by atoms with E-state index in [4.69, 9.17) is 4.74 Å². The molecule has 128 valence electrons. The van der Waals surface area contributed by atoms with Gasteiger partial charge in [0.1, 0.15) is 0 Å². The zero-order valence-corrected chi connectivity index (χ0v) is 14.8. The normalized spacial score (nSPS) is 22.4. The first-order valence-electron chi connectivity index (χ1n) is 7.76. The Morgan fingerprint density at radius 1 is 1.17 bits per heavy atom. The number of carbonyl (C=O) groups is 1. The Morgan fingerprint density at radius 2 is 1.70 bits per heavy atom. The van der Waals surface area contributed by atoms with E-state index in [-0.39, 0.29) is 29.1 Å². The maximum absolute atomic E-state index is 12.5. The van der Waals surface area contributed by atoms with Gasteiger partial charge >= 0.3 is 0 Å². The van der Waals surface area contributed by atoms with Crippen LogP contribution in [0.15, 0.2) is 29.2 Å². The third kappa shape index (κ3) is 4.53. The lowest BCUT2D eigenvalue weighted by Crippen LogP contribution is -2.48. The average molecular weight is 340 g/mol. The molecular weight excluding hydrogens is 316 g/mol. The van der Waals surface area contributed by atoms with Crippen molar-refractivity contribution in [3.63, 3.8) is 0 Å². The highest BCUT2D eigenvalue weighted by molar-refractivity contribution is 7.89. The van der Waals surface area contributed by atoms with Crippen molar-refractivity contribution in [2.45, 2.75) is 50.8 Å². The van der Waals surface area contributed by atoms with Crippen LogP contribution in [0.4, 0.5) is 0 Å². The van der Waals surface area contributed by atoms with E-state index in [9.17, 15) is 13.2 Å². The van der Waals surface area contributed by atoms with Gasteiger partial charge in [-0.25, -0.2) is 13.1 Å². The van der Waals surface area contributed by atoms with E-state index in [0.29, 0.717) is 18.7 Å². The molecule has 1 amide bonds. The number of benzene rings is 1. The molecule has 0 saturated carbocycles. The summed E-state index contributed by atoms with van der Waals surface area (Å²) >= 11 is 0. The number of sulfonamides is 1. The molecule has 0 spiro atoms. The van der Waals surface area contributed by atoms with Crippen LogP contribution in [0.25, 0.3) is 0 Å². The number of ether oxygens (including phenoxy) is 1. The molecule has 0 radical (unpaired) electrons. The Morgan fingerprint density at radius 3 is 2.17 bits per heavy atom. The fourth-order valence-corrected chi connectivity index (χ4v) is 3.93. The summed E-state index contributed by atoms with van der Waals surface area (Å²) in [4.78, 5) is 14.4. The van der Waals surface area contributed by atoms with Crippen molar-refractivity contribution >= 4 is 15.9 Å². The maximum Gasteiger partial charge on any atom is 0.254 e. The number of nitrogens with zero attached hydrogens (tertiary/aromatic N) is 1. The highest BCUT2D eigenvalue weighted by Crippen LogP contribution is 2.16. The molecule has 1 aromatic carbocycles. The third-order valence-electron chi connectivity index (χ3n) is 3.51. The summed E-state index contributed by atoms with van der Waals surface area (Å²) in [6.45, 7) is 8.47. The molecule has 6 nitrogen and oxygen atoms in total. The first-order valence-corrected chi connectivity index (χ1v) is 9.24. The van der Waals surface area contributed by atoms with Crippen LogP contribution in [0.2, 0.25) is 0 Å². The standard InChI is InChI=1S/C16H24N2O4S/c1-11(2)17-23(20,21)15-7-5-14(6-8-15)16(19)18-9-12(3)22-13(4)10-18/h5-8,11-13,17H,9-10H2,1-4H3. The Hall–Kier alpha value is -1.44. The van der Waals surface area contributed by atoms with Gasteiger partial charge in [-0.15, -0.1) is 0 Å². The van der Waals surface area contributed by atoms with Crippen LogP contribution in [0.3, 0.4) is 0 Å². The highest BCUT2D eigenvalue weighted by atomic mass is 32.2. The second kappa shape index (κ2) is 6.98. The van der Waals surface area contributed by atoms with Crippen molar-refractivity contribution in [3.8, 4) is 0 Å². The predicted octanol–water partition coefficient (Wildman–Crippen LogP) is 1.62. The van der Waals surface area contributed by atoms with Crippen molar-refractivity contribution in [1.29, 1.82) is 0 Å². The SMILES string of the molecule is CC(C)NS(=O)(=O)c1ccc(C(=O)N2CC(C)OC(C)C2)cc1. The number of nitrogens with one attached hydrogen (secondary N) is 1. The molecule has 2 atom stereocenters. The van der Waals surface area contributed by atoms with Crippen LogP contribution in [-0.2, 0) is 14.8 Å². The zero-order valence-electron chi connectivity index (χ0n) is 13.9. The summed E-state index contributed by atoms with van der Waals surface area (Å²) in [6.07, 6.45) is -0.00446. The van der Waals surface area contributed by atoms with E-state index in [1.807, 2.05) is 13.8 Å². The Balaban J connectivity index is 2.14. The van der Waals surface area contributed by atoms with Crippen LogP contribution >= 0.6 is 0 Å². The second-order valence-corrected chi connectivity index (χ2v) is 7.98. The van der Waals surface area contributed by atoms with Gasteiger partial charge in [-0.1, -0.05) is 0 Å². The summed E-state index contributed by atoms with van der Waals surface area (Å²) in [5.41, 5.74) is 0.481. The Bertz CT molecular complexity index is 645. The van der Waals surface area contributed by atoms with E-state index in [2.05, 4.69) is 4.72 Å². The summed E-state index contributed by atoms with van der Waals surface area (Å²) in [5.74, 6) is -0.104. The molecule has 0 aliphatic carbocycles. The summed E-state index contributed by atoms with van der Waals surface area (Å²) < 4.78 is 32.3. The van der Waals surface area contributed by atoms with Crippen molar-refractivity contribution in [3.05, 3.63) is 29.8 Å². The van der Waals surface area contributed by atoms with Gasteiger partial charge < -0.3 is 9.64 Å². The van der Waals surface area contributed by atoms with E-state index >= 15 is 0 Å². The number of hydrogen-bond acceptors (Lipinski definition) is 4. The second-order valence-electron chi connectivity index (χ2n) is 6.27. The molecule has 7 heteroatoms. The maximum atomic E-state index is 12.5. The van der Waals surface area contributed by atoms with Gasteiger partial charge in [0.2, 0.25) is 10.0 Å². The molecule has 1 aromatic rings. The van der Waals surface area contributed by atoms with E-state index < -0.39 is 10.0 Å². The summed E-state index contributed by atoms with van der Waals surface area (Å²) in [6, 6.07) is 5.86. The topological polar surface area (TPSA) is 75.7 Å². The third-order valence-corrected chi connectivity index (χ3v) is 5.18. The molecule has 0 aromatic heterocycles. The molecule has 1 aliphatic heterocycles. The quantitative estimate of drug-likeness (QED) is 0.904. The first-order chi connectivity index (χ1) is 10.7. The predicted molar refractivity (Wildman–Crippen MR) is 87.8 cm³/mol. The first kappa shape index (κ1) is 17.9. The number of rotatable bonds is 4. The van der Waals surface area contributed by atoms with Crippen LogP contribution in [0.5, 0.6) is 0 Å². The zero-order chi connectivity index (χ0) is 17.2. The van der Waals surface area contributed by atoms with Crippen LogP contribution in [0, 0.1) is 0 Å². The number of hydrogen-bond donors (Lipinski definition) is 1. The number of amides is 1. The van der Waals surface area contributed by atoms with E-state index in [1.54, 1.807) is 30.9 Å². The van der Waals surface area contributed by atoms with Crippen LogP contribution in [-0.4, -0.2) is 50.6 Å². The molecule has 1 aliphatic rings. The summed E-state index contributed by atoms with van der Waals surface area (Å²) in [7, 11) is -3.54.